The Morgan fingerprint density at radius 3 is 2.17 bits per heavy atom. The van der Waals surface area contributed by atoms with E-state index in [2.05, 4.69) is 4.74 Å². The summed E-state index contributed by atoms with van der Waals surface area (Å²) in [7, 11) is 0. The fraction of sp³-hybridized carbons (Fsp3) is 1.00. The molecule has 0 saturated heterocycles. The molecule has 1 nitrogen and oxygen atoms in total. The van der Waals surface area contributed by atoms with Crippen molar-refractivity contribution in [2.24, 2.45) is 5.92 Å². The van der Waals surface area contributed by atoms with E-state index >= 15 is 0 Å². The first-order chi connectivity index (χ1) is 8.50. The van der Waals surface area contributed by atoms with Crippen LogP contribution in [0.3, 0.4) is 0 Å². The Kier molecular flexibility index (Phi) is 4.51. The quantitative estimate of drug-likeness (QED) is 0.689. The van der Waals surface area contributed by atoms with Crippen molar-refractivity contribution in [1.82, 2.24) is 0 Å². The molecule has 5 heteroatoms. The van der Waals surface area contributed by atoms with Gasteiger partial charge >= 0.3 is 6.11 Å². The minimum absolute atomic E-state index is 0.107. The van der Waals surface area contributed by atoms with E-state index < -0.39 is 30.5 Å². The van der Waals surface area contributed by atoms with Gasteiger partial charge in [-0.15, -0.1) is 0 Å². The van der Waals surface area contributed by atoms with Crippen molar-refractivity contribution in [3.05, 3.63) is 0 Å². The van der Waals surface area contributed by atoms with Gasteiger partial charge in [0.05, 0.1) is 12.0 Å². The maximum atomic E-state index is 13.9. The lowest BCUT2D eigenvalue weighted by atomic mass is 9.88. The monoisotopic (exact) mass is 268 g/mol. The highest BCUT2D eigenvalue weighted by molar-refractivity contribution is 4.85. The van der Waals surface area contributed by atoms with Crippen LogP contribution in [0.2, 0.25) is 0 Å². The molecule has 18 heavy (non-hydrogen) atoms. The number of hydrogen-bond donors (Lipinski definition) is 0. The summed E-state index contributed by atoms with van der Waals surface area (Å²) < 4.78 is 59.1. The van der Waals surface area contributed by atoms with Gasteiger partial charge in [-0.25, -0.2) is 8.78 Å². The molecular formula is C13H20F4O. The number of rotatable bonds is 3. The molecule has 0 aliphatic heterocycles. The molecule has 106 valence electrons. The molecule has 2 aliphatic carbocycles. The summed E-state index contributed by atoms with van der Waals surface area (Å²) >= 11 is 0. The van der Waals surface area contributed by atoms with Crippen molar-refractivity contribution in [2.75, 3.05) is 0 Å². The fourth-order valence-electron chi connectivity index (χ4n) is 2.93. The molecule has 0 spiro atoms. The summed E-state index contributed by atoms with van der Waals surface area (Å²) in [5.74, 6) is -0.835. The summed E-state index contributed by atoms with van der Waals surface area (Å²) in [5.41, 5.74) is 0. The van der Waals surface area contributed by atoms with Crippen LogP contribution in [-0.4, -0.2) is 24.6 Å². The average Bonchev–Trinajstić information content (AvgIpc) is 2.36. The Morgan fingerprint density at radius 1 is 0.833 bits per heavy atom. The third-order valence-corrected chi connectivity index (χ3v) is 4.06. The predicted octanol–water partition coefficient (Wildman–Crippen LogP) is 4.40. The largest absolute Gasteiger partial charge is 0.358 e. The molecule has 2 aliphatic rings. The molecule has 0 amide bonds. The maximum absolute atomic E-state index is 13.9. The van der Waals surface area contributed by atoms with Crippen LogP contribution in [0.15, 0.2) is 0 Å². The second-order valence-corrected chi connectivity index (χ2v) is 5.44. The minimum atomic E-state index is -3.31. The smallest absolute Gasteiger partial charge is 0.314 e. The maximum Gasteiger partial charge on any atom is 0.358 e. The van der Waals surface area contributed by atoms with E-state index in [9.17, 15) is 17.6 Å². The second-order valence-electron chi connectivity index (χ2n) is 5.44. The molecule has 0 aromatic rings. The third kappa shape index (κ3) is 3.16. The van der Waals surface area contributed by atoms with Crippen molar-refractivity contribution in [3.63, 3.8) is 0 Å². The molecule has 0 radical (unpaired) electrons. The van der Waals surface area contributed by atoms with Gasteiger partial charge in [0.1, 0.15) is 6.17 Å². The Bertz CT molecular complexity index is 266. The number of alkyl halides is 4. The van der Waals surface area contributed by atoms with Gasteiger partial charge < -0.3 is 4.74 Å². The van der Waals surface area contributed by atoms with E-state index in [1.54, 1.807) is 0 Å². The lowest BCUT2D eigenvalue weighted by molar-refractivity contribution is -0.310. The van der Waals surface area contributed by atoms with E-state index in [4.69, 9.17) is 0 Å². The highest BCUT2D eigenvalue weighted by atomic mass is 19.3. The first-order valence-corrected chi connectivity index (χ1v) is 6.84. The Balaban J connectivity index is 1.93. The first-order valence-electron chi connectivity index (χ1n) is 6.84. The molecule has 2 saturated carbocycles. The van der Waals surface area contributed by atoms with Crippen LogP contribution >= 0.6 is 0 Å². The van der Waals surface area contributed by atoms with Crippen molar-refractivity contribution in [3.8, 4) is 0 Å². The highest BCUT2D eigenvalue weighted by Crippen LogP contribution is 2.40. The van der Waals surface area contributed by atoms with Crippen LogP contribution in [0.25, 0.3) is 0 Å². The predicted molar refractivity (Wildman–Crippen MR) is 60.0 cm³/mol. The zero-order valence-electron chi connectivity index (χ0n) is 10.4. The molecule has 0 bridgehead atoms. The molecule has 2 fully saturated rings. The van der Waals surface area contributed by atoms with Crippen molar-refractivity contribution in [1.29, 1.82) is 0 Å². The molecule has 3 unspecified atom stereocenters. The average molecular weight is 268 g/mol. The van der Waals surface area contributed by atoms with Crippen molar-refractivity contribution < 1.29 is 22.3 Å². The topological polar surface area (TPSA) is 9.23 Å². The van der Waals surface area contributed by atoms with Gasteiger partial charge in [0.25, 0.3) is 0 Å². The van der Waals surface area contributed by atoms with Crippen LogP contribution in [0, 0.1) is 5.92 Å². The zero-order valence-corrected chi connectivity index (χ0v) is 10.4. The number of halogens is 4. The number of hydrogen-bond acceptors (Lipinski definition) is 1. The lowest BCUT2D eigenvalue weighted by Gasteiger charge is -2.35. The summed E-state index contributed by atoms with van der Waals surface area (Å²) in [5, 5.41) is 0. The summed E-state index contributed by atoms with van der Waals surface area (Å²) in [6.45, 7) is 0. The van der Waals surface area contributed by atoms with E-state index in [1.807, 2.05) is 0 Å². The normalized spacial score (nSPS) is 35.7. The highest BCUT2D eigenvalue weighted by Gasteiger charge is 2.46. The van der Waals surface area contributed by atoms with Gasteiger partial charge in [0, 0.05) is 0 Å². The second kappa shape index (κ2) is 5.76. The molecule has 0 heterocycles. The van der Waals surface area contributed by atoms with Gasteiger partial charge in [0.15, 0.2) is 6.17 Å². The SMILES string of the molecule is FC1CCCC(OC(F)(F)C2CCCCC2)C1F. The molecule has 0 aromatic heterocycles. The summed E-state index contributed by atoms with van der Waals surface area (Å²) in [4.78, 5) is 0. The first kappa shape index (κ1) is 14.1. The van der Waals surface area contributed by atoms with E-state index in [0.29, 0.717) is 19.3 Å². The van der Waals surface area contributed by atoms with E-state index in [0.717, 1.165) is 19.3 Å². The lowest BCUT2D eigenvalue weighted by Crippen LogP contribution is -2.44. The van der Waals surface area contributed by atoms with Gasteiger partial charge in [-0.2, -0.15) is 8.78 Å². The van der Waals surface area contributed by atoms with Gasteiger partial charge in [-0.3, -0.25) is 0 Å². The van der Waals surface area contributed by atoms with Crippen molar-refractivity contribution in [2.45, 2.75) is 75.9 Å². The molecule has 0 aromatic carbocycles. The Morgan fingerprint density at radius 2 is 1.50 bits per heavy atom. The van der Waals surface area contributed by atoms with Crippen LogP contribution < -0.4 is 0 Å². The van der Waals surface area contributed by atoms with Gasteiger partial charge in [0.2, 0.25) is 0 Å². The summed E-state index contributed by atoms with van der Waals surface area (Å²) in [6.07, 6.45) is -4.15. The van der Waals surface area contributed by atoms with Crippen molar-refractivity contribution >= 4 is 0 Å². The molecule has 3 atom stereocenters. The summed E-state index contributed by atoms with van der Waals surface area (Å²) in [6, 6.07) is 0. The van der Waals surface area contributed by atoms with Gasteiger partial charge in [-0.1, -0.05) is 19.3 Å². The van der Waals surface area contributed by atoms with E-state index in [1.165, 1.54) is 0 Å². The number of ether oxygens (including phenoxy) is 1. The zero-order chi connectivity index (χ0) is 13.2. The Labute approximate surface area is 105 Å². The minimum Gasteiger partial charge on any atom is -0.314 e. The molecular weight excluding hydrogens is 248 g/mol. The standard InChI is InChI=1S/C13H20F4O/c14-10-7-4-8-11(12(10)15)18-13(16,17)9-5-2-1-3-6-9/h9-12H,1-8H2. The third-order valence-electron chi connectivity index (χ3n) is 4.06. The van der Waals surface area contributed by atoms with Crippen LogP contribution in [0.4, 0.5) is 17.6 Å². The molecule has 0 N–H and O–H groups in total. The Hall–Kier alpha value is -0.320. The van der Waals surface area contributed by atoms with Crippen LogP contribution in [0.5, 0.6) is 0 Å². The van der Waals surface area contributed by atoms with Crippen LogP contribution in [0.1, 0.15) is 51.4 Å². The van der Waals surface area contributed by atoms with Crippen LogP contribution in [-0.2, 0) is 4.74 Å². The van der Waals surface area contributed by atoms with Gasteiger partial charge in [-0.05, 0) is 32.1 Å². The van der Waals surface area contributed by atoms with E-state index in [-0.39, 0.29) is 12.8 Å². The fourth-order valence-corrected chi connectivity index (χ4v) is 2.93. The molecule has 2 rings (SSSR count).